The maximum absolute atomic E-state index is 12.4. The monoisotopic (exact) mass is 244 g/mol. The highest BCUT2D eigenvalue weighted by Gasteiger charge is 2.30. The number of piperidine rings is 1. The minimum absolute atomic E-state index is 0.331. The highest BCUT2D eigenvalue weighted by atomic mass is 19.4. The molecule has 0 saturated carbocycles. The van der Waals surface area contributed by atoms with Gasteiger partial charge >= 0.3 is 6.18 Å². The zero-order valence-electron chi connectivity index (χ0n) is 9.37. The largest absolute Gasteiger partial charge is 0.416 e. The second-order valence-electron chi connectivity index (χ2n) is 4.43. The third kappa shape index (κ3) is 2.98. The summed E-state index contributed by atoms with van der Waals surface area (Å²) in [5.41, 5.74) is 0.392. The quantitative estimate of drug-likeness (QED) is 0.770. The van der Waals surface area contributed by atoms with Crippen LogP contribution in [0.5, 0.6) is 0 Å². The zero-order chi connectivity index (χ0) is 12.5. The van der Waals surface area contributed by atoms with Crippen LogP contribution in [0.1, 0.15) is 29.9 Å². The standard InChI is InChI=1S/C12H15F3N2/c13-12(14,15)11-3-1-9(2-4-11)10-5-7-17(16)8-6-10/h1-4,10H,5-8,16H2. The first-order valence-electron chi connectivity index (χ1n) is 5.63. The molecule has 1 aromatic rings. The van der Waals surface area contributed by atoms with Crippen LogP contribution in [0.4, 0.5) is 13.2 Å². The average Bonchev–Trinajstić information content (AvgIpc) is 2.29. The van der Waals surface area contributed by atoms with Crippen LogP contribution in [-0.4, -0.2) is 18.1 Å². The van der Waals surface area contributed by atoms with E-state index in [0.29, 0.717) is 5.92 Å². The molecule has 0 aromatic heterocycles. The fourth-order valence-electron chi connectivity index (χ4n) is 2.18. The molecular weight excluding hydrogens is 229 g/mol. The second-order valence-corrected chi connectivity index (χ2v) is 4.43. The lowest BCUT2D eigenvalue weighted by molar-refractivity contribution is -0.137. The smallest absolute Gasteiger partial charge is 0.269 e. The van der Waals surface area contributed by atoms with Crippen LogP contribution in [0, 0.1) is 0 Å². The van der Waals surface area contributed by atoms with Crippen LogP contribution in [0.2, 0.25) is 0 Å². The molecule has 0 spiro atoms. The van der Waals surface area contributed by atoms with E-state index in [-0.39, 0.29) is 0 Å². The topological polar surface area (TPSA) is 29.3 Å². The fraction of sp³-hybridized carbons (Fsp3) is 0.500. The highest BCUT2D eigenvalue weighted by molar-refractivity contribution is 5.27. The summed E-state index contributed by atoms with van der Waals surface area (Å²) in [7, 11) is 0. The molecule has 1 saturated heterocycles. The Morgan fingerprint density at radius 2 is 1.59 bits per heavy atom. The number of halogens is 3. The van der Waals surface area contributed by atoms with Crippen molar-refractivity contribution in [1.29, 1.82) is 0 Å². The van der Waals surface area contributed by atoms with Gasteiger partial charge in [-0.1, -0.05) is 12.1 Å². The number of hydrazine groups is 1. The highest BCUT2D eigenvalue weighted by Crippen LogP contribution is 2.32. The Labute approximate surface area is 98.2 Å². The predicted octanol–water partition coefficient (Wildman–Crippen LogP) is 2.76. The first-order chi connectivity index (χ1) is 7.97. The SMILES string of the molecule is NN1CCC(c2ccc(C(F)(F)F)cc2)CC1. The number of alkyl halides is 3. The first-order valence-corrected chi connectivity index (χ1v) is 5.63. The van der Waals surface area contributed by atoms with Crippen molar-refractivity contribution < 1.29 is 13.2 Å². The molecule has 2 rings (SSSR count). The van der Waals surface area contributed by atoms with Crippen LogP contribution in [0.15, 0.2) is 24.3 Å². The molecule has 0 unspecified atom stereocenters. The number of rotatable bonds is 1. The van der Waals surface area contributed by atoms with Gasteiger partial charge in [-0.2, -0.15) is 13.2 Å². The van der Waals surface area contributed by atoms with Gasteiger partial charge < -0.3 is 0 Å². The van der Waals surface area contributed by atoms with Gasteiger partial charge in [0.05, 0.1) is 5.56 Å². The molecular formula is C12H15F3N2. The minimum Gasteiger partial charge on any atom is -0.269 e. The van der Waals surface area contributed by atoms with Gasteiger partial charge in [-0.3, -0.25) is 5.84 Å². The van der Waals surface area contributed by atoms with Crippen LogP contribution >= 0.6 is 0 Å². The zero-order valence-corrected chi connectivity index (χ0v) is 9.37. The summed E-state index contributed by atoms with van der Waals surface area (Å²) in [4.78, 5) is 0. The molecule has 1 aromatic carbocycles. The molecule has 1 aliphatic rings. The lowest BCUT2D eigenvalue weighted by atomic mass is 9.89. The van der Waals surface area contributed by atoms with E-state index in [9.17, 15) is 13.2 Å². The van der Waals surface area contributed by atoms with E-state index in [1.54, 1.807) is 17.1 Å². The minimum atomic E-state index is -4.25. The van der Waals surface area contributed by atoms with Gasteiger partial charge in [-0.15, -0.1) is 0 Å². The summed E-state index contributed by atoms with van der Waals surface area (Å²) in [6.07, 6.45) is -2.44. The average molecular weight is 244 g/mol. The van der Waals surface area contributed by atoms with E-state index in [4.69, 9.17) is 5.84 Å². The normalized spacial score (nSPS) is 19.5. The van der Waals surface area contributed by atoms with E-state index < -0.39 is 11.7 Å². The molecule has 2 nitrogen and oxygen atoms in total. The lowest BCUT2D eigenvalue weighted by Gasteiger charge is -2.28. The van der Waals surface area contributed by atoms with Crippen molar-refractivity contribution in [2.45, 2.75) is 24.9 Å². The van der Waals surface area contributed by atoms with Crippen molar-refractivity contribution in [2.75, 3.05) is 13.1 Å². The molecule has 0 amide bonds. The van der Waals surface area contributed by atoms with E-state index in [0.717, 1.165) is 43.6 Å². The summed E-state index contributed by atoms with van der Waals surface area (Å²) in [6.45, 7) is 1.59. The van der Waals surface area contributed by atoms with Crippen molar-refractivity contribution in [1.82, 2.24) is 5.01 Å². The van der Waals surface area contributed by atoms with Crippen LogP contribution in [0.25, 0.3) is 0 Å². The molecule has 2 N–H and O–H groups in total. The van der Waals surface area contributed by atoms with Crippen molar-refractivity contribution >= 4 is 0 Å². The van der Waals surface area contributed by atoms with E-state index in [1.165, 1.54) is 0 Å². The fourth-order valence-corrected chi connectivity index (χ4v) is 2.18. The van der Waals surface area contributed by atoms with Gasteiger partial charge in [-0.25, -0.2) is 5.01 Å². The summed E-state index contributed by atoms with van der Waals surface area (Å²) in [5.74, 6) is 5.97. The Morgan fingerprint density at radius 1 is 1.06 bits per heavy atom. The molecule has 0 aliphatic carbocycles. The van der Waals surface area contributed by atoms with Crippen molar-refractivity contribution in [3.05, 3.63) is 35.4 Å². The van der Waals surface area contributed by atoms with Crippen LogP contribution in [-0.2, 0) is 6.18 Å². The predicted molar refractivity (Wildman–Crippen MR) is 59.2 cm³/mol. The number of nitrogens with zero attached hydrogens (tertiary/aromatic N) is 1. The second kappa shape index (κ2) is 4.66. The van der Waals surface area contributed by atoms with Crippen molar-refractivity contribution in [2.24, 2.45) is 5.84 Å². The molecule has 1 aliphatic heterocycles. The number of hydrogen-bond acceptors (Lipinski definition) is 2. The molecule has 0 bridgehead atoms. The van der Waals surface area contributed by atoms with Gasteiger partial charge in [0.1, 0.15) is 0 Å². The van der Waals surface area contributed by atoms with E-state index in [1.807, 2.05) is 0 Å². The summed E-state index contributed by atoms with van der Waals surface area (Å²) in [5, 5.41) is 1.75. The van der Waals surface area contributed by atoms with Crippen molar-refractivity contribution in [3.8, 4) is 0 Å². The van der Waals surface area contributed by atoms with Crippen LogP contribution < -0.4 is 5.84 Å². The molecule has 0 atom stereocenters. The van der Waals surface area contributed by atoms with Crippen molar-refractivity contribution in [3.63, 3.8) is 0 Å². The van der Waals surface area contributed by atoms with Gasteiger partial charge in [-0.05, 0) is 36.5 Å². The Balaban J connectivity index is 2.08. The molecule has 0 radical (unpaired) electrons. The summed E-state index contributed by atoms with van der Waals surface area (Å²) < 4.78 is 37.2. The lowest BCUT2D eigenvalue weighted by Crippen LogP contribution is -2.38. The third-order valence-corrected chi connectivity index (χ3v) is 3.24. The molecule has 94 valence electrons. The molecule has 1 heterocycles. The van der Waals surface area contributed by atoms with E-state index in [2.05, 4.69) is 0 Å². The van der Waals surface area contributed by atoms with Gasteiger partial charge in [0.25, 0.3) is 0 Å². The first kappa shape index (κ1) is 12.4. The summed E-state index contributed by atoms with van der Waals surface area (Å²) >= 11 is 0. The van der Waals surface area contributed by atoms with E-state index >= 15 is 0 Å². The number of hydrogen-bond donors (Lipinski definition) is 1. The van der Waals surface area contributed by atoms with Crippen LogP contribution in [0.3, 0.4) is 0 Å². The number of nitrogens with two attached hydrogens (primary N) is 1. The third-order valence-electron chi connectivity index (χ3n) is 3.24. The Bertz CT molecular complexity index is 364. The Kier molecular flexibility index (Phi) is 3.40. The van der Waals surface area contributed by atoms with Gasteiger partial charge in [0.15, 0.2) is 0 Å². The maximum Gasteiger partial charge on any atom is 0.416 e. The maximum atomic E-state index is 12.4. The molecule has 5 heteroatoms. The Morgan fingerprint density at radius 3 is 2.06 bits per heavy atom. The van der Waals surface area contributed by atoms with Gasteiger partial charge in [0, 0.05) is 13.1 Å². The Hall–Kier alpha value is -1.07. The van der Waals surface area contributed by atoms with Gasteiger partial charge in [0.2, 0.25) is 0 Å². The molecule has 1 fully saturated rings. The number of benzene rings is 1. The molecule has 17 heavy (non-hydrogen) atoms. The summed E-state index contributed by atoms with van der Waals surface area (Å²) in [6, 6.07) is 5.48.